The average Bonchev–Trinajstić information content (AvgIpc) is 2.34. The molecule has 0 unspecified atom stereocenters. The Morgan fingerprint density at radius 1 is 1.32 bits per heavy atom. The molecule has 1 aromatic carbocycles. The fourth-order valence-corrected chi connectivity index (χ4v) is 2.61. The Labute approximate surface area is 116 Å². The van der Waals surface area contributed by atoms with Gasteiger partial charge in [-0.05, 0) is 52.3 Å². The highest BCUT2D eigenvalue weighted by Gasteiger charge is 2.23. The van der Waals surface area contributed by atoms with Crippen LogP contribution in [0.4, 0.5) is 5.69 Å². The molecule has 0 aromatic heterocycles. The third-order valence-corrected chi connectivity index (χ3v) is 3.66. The highest BCUT2D eigenvalue weighted by molar-refractivity contribution is 5.94. The van der Waals surface area contributed by atoms with Crippen molar-refractivity contribution in [2.45, 2.75) is 39.2 Å². The third kappa shape index (κ3) is 3.80. The summed E-state index contributed by atoms with van der Waals surface area (Å²) in [6, 6.07) is 7.98. The van der Waals surface area contributed by atoms with E-state index in [0.717, 1.165) is 30.9 Å². The third-order valence-electron chi connectivity index (χ3n) is 3.66. The van der Waals surface area contributed by atoms with Gasteiger partial charge in [0, 0.05) is 29.9 Å². The SMILES string of the molecule is CC(=O)c1cccc(N2CCCCNC(C)(C)C2)c1. The quantitative estimate of drug-likeness (QED) is 0.830. The van der Waals surface area contributed by atoms with Crippen molar-refractivity contribution < 1.29 is 4.79 Å². The summed E-state index contributed by atoms with van der Waals surface area (Å²) in [5, 5.41) is 3.59. The normalized spacial score (nSPS) is 19.6. The average molecular weight is 260 g/mol. The molecule has 1 fully saturated rings. The van der Waals surface area contributed by atoms with E-state index in [2.05, 4.69) is 30.1 Å². The maximum Gasteiger partial charge on any atom is 0.159 e. The van der Waals surface area contributed by atoms with Crippen LogP contribution < -0.4 is 10.2 Å². The fraction of sp³-hybridized carbons (Fsp3) is 0.562. The minimum absolute atomic E-state index is 0.104. The Hall–Kier alpha value is -1.35. The van der Waals surface area contributed by atoms with E-state index in [0.29, 0.717) is 0 Å². The van der Waals surface area contributed by atoms with Crippen LogP contribution in [0.5, 0.6) is 0 Å². The number of carbonyl (C=O) groups is 1. The van der Waals surface area contributed by atoms with Crippen molar-refractivity contribution in [2.75, 3.05) is 24.5 Å². The molecule has 0 atom stereocenters. The van der Waals surface area contributed by atoms with Crippen LogP contribution in [-0.2, 0) is 0 Å². The lowest BCUT2D eigenvalue weighted by atomic mass is 10.0. The van der Waals surface area contributed by atoms with E-state index in [4.69, 9.17) is 0 Å². The van der Waals surface area contributed by atoms with Crippen LogP contribution in [0.3, 0.4) is 0 Å². The molecule has 0 saturated carbocycles. The number of anilines is 1. The summed E-state index contributed by atoms with van der Waals surface area (Å²) in [6.07, 6.45) is 2.39. The Balaban J connectivity index is 2.22. The number of carbonyl (C=O) groups excluding carboxylic acids is 1. The van der Waals surface area contributed by atoms with Crippen molar-refractivity contribution in [1.82, 2.24) is 5.32 Å². The van der Waals surface area contributed by atoms with Gasteiger partial charge in [0.25, 0.3) is 0 Å². The molecule has 3 nitrogen and oxygen atoms in total. The van der Waals surface area contributed by atoms with Crippen LogP contribution in [0.1, 0.15) is 44.0 Å². The van der Waals surface area contributed by atoms with E-state index in [1.807, 2.05) is 18.2 Å². The first kappa shape index (κ1) is 14.1. The zero-order chi connectivity index (χ0) is 13.9. The molecule has 19 heavy (non-hydrogen) atoms. The highest BCUT2D eigenvalue weighted by Crippen LogP contribution is 2.21. The van der Waals surface area contributed by atoms with Gasteiger partial charge in [0.05, 0.1) is 0 Å². The van der Waals surface area contributed by atoms with E-state index in [-0.39, 0.29) is 11.3 Å². The van der Waals surface area contributed by atoms with Gasteiger partial charge >= 0.3 is 0 Å². The number of hydrogen-bond acceptors (Lipinski definition) is 3. The molecule has 0 amide bonds. The number of nitrogens with one attached hydrogen (secondary N) is 1. The molecule has 3 heteroatoms. The molecule has 0 bridgehead atoms. The second kappa shape index (κ2) is 5.74. The van der Waals surface area contributed by atoms with Gasteiger partial charge in [-0.1, -0.05) is 12.1 Å². The van der Waals surface area contributed by atoms with Crippen molar-refractivity contribution in [3.8, 4) is 0 Å². The molecule has 1 heterocycles. The number of ketones is 1. The molecule has 1 aromatic rings. The van der Waals surface area contributed by atoms with Gasteiger partial charge in [-0.2, -0.15) is 0 Å². The van der Waals surface area contributed by atoms with Gasteiger partial charge in [0.15, 0.2) is 5.78 Å². The fourth-order valence-electron chi connectivity index (χ4n) is 2.61. The Bertz CT molecular complexity index is 454. The predicted octanol–water partition coefficient (Wildman–Crippen LogP) is 2.86. The number of benzene rings is 1. The molecule has 104 valence electrons. The standard InChI is InChI=1S/C16H24N2O/c1-13(19)14-7-6-8-15(11-14)18-10-5-4-9-17-16(2,3)12-18/h6-8,11,17H,4-5,9-10,12H2,1-3H3. The van der Waals surface area contributed by atoms with Crippen molar-refractivity contribution >= 4 is 11.5 Å². The first-order valence-electron chi connectivity index (χ1n) is 7.09. The summed E-state index contributed by atoms with van der Waals surface area (Å²) in [5.74, 6) is 0.131. The van der Waals surface area contributed by atoms with Crippen LogP contribution in [0.2, 0.25) is 0 Å². The van der Waals surface area contributed by atoms with Gasteiger partial charge in [-0.15, -0.1) is 0 Å². The maximum absolute atomic E-state index is 11.5. The van der Waals surface area contributed by atoms with E-state index >= 15 is 0 Å². The lowest BCUT2D eigenvalue weighted by Gasteiger charge is -2.37. The second-order valence-corrected chi connectivity index (χ2v) is 6.05. The van der Waals surface area contributed by atoms with Crippen LogP contribution in [0, 0.1) is 0 Å². The Morgan fingerprint density at radius 3 is 2.84 bits per heavy atom. The zero-order valence-corrected chi connectivity index (χ0v) is 12.2. The molecule has 1 N–H and O–H groups in total. The van der Waals surface area contributed by atoms with Crippen molar-refractivity contribution in [1.29, 1.82) is 0 Å². The van der Waals surface area contributed by atoms with E-state index < -0.39 is 0 Å². The van der Waals surface area contributed by atoms with Crippen molar-refractivity contribution in [2.24, 2.45) is 0 Å². The molecule has 2 rings (SSSR count). The predicted molar refractivity (Wildman–Crippen MR) is 80.0 cm³/mol. The molecule has 0 radical (unpaired) electrons. The molecule has 1 aliphatic rings. The van der Waals surface area contributed by atoms with E-state index in [9.17, 15) is 4.79 Å². The molecule has 0 aliphatic carbocycles. The summed E-state index contributed by atoms with van der Waals surface area (Å²) in [4.78, 5) is 13.9. The summed E-state index contributed by atoms with van der Waals surface area (Å²) < 4.78 is 0. The highest BCUT2D eigenvalue weighted by atomic mass is 16.1. The molecule has 1 saturated heterocycles. The van der Waals surface area contributed by atoms with Crippen LogP contribution >= 0.6 is 0 Å². The van der Waals surface area contributed by atoms with Gasteiger partial charge < -0.3 is 10.2 Å². The van der Waals surface area contributed by atoms with Gasteiger partial charge in [0.2, 0.25) is 0 Å². The van der Waals surface area contributed by atoms with Crippen LogP contribution in [0.15, 0.2) is 24.3 Å². The molecular weight excluding hydrogens is 236 g/mol. The minimum atomic E-state index is 0.104. The number of nitrogens with zero attached hydrogens (tertiary/aromatic N) is 1. The number of Topliss-reactive ketones (excluding diaryl/α,β-unsaturated/α-hetero) is 1. The van der Waals surface area contributed by atoms with Gasteiger partial charge in [0.1, 0.15) is 0 Å². The molecule has 0 spiro atoms. The second-order valence-electron chi connectivity index (χ2n) is 6.05. The molecular formula is C16H24N2O. The topological polar surface area (TPSA) is 32.3 Å². The zero-order valence-electron chi connectivity index (χ0n) is 12.2. The summed E-state index contributed by atoms with van der Waals surface area (Å²) >= 11 is 0. The van der Waals surface area contributed by atoms with Gasteiger partial charge in [-0.25, -0.2) is 0 Å². The van der Waals surface area contributed by atoms with E-state index in [1.54, 1.807) is 6.92 Å². The van der Waals surface area contributed by atoms with Crippen LogP contribution in [0.25, 0.3) is 0 Å². The minimum Gasteiger partial charge on any atom is -0.370 e. The maximum atomic E-state index is 11.5. The monoisotopic (exact) mass is 260 g/mol. The Kier molecular flexibility index (Phi) is 4.25. The van der Waals surface area contributed by atoms with Crippen molar-refractivity contribution in [3.63, 3.8) is 0 Å². The summed E-state index contributed by atoms with van der Waals surface area (Å²) in [7, 11) is 0. The Morgan fingerprint density at radius 2 is 2.11 bits per heavy atom. The molecule has 1 aliphatic heterocycles. The first-order chi connectivity index (χ1) is 8.98. The number of rotatable bonds is 2. The lowest BCUT2D eigenvalue weighted by molar-refractivity contribution is 0.101. The summed E-state index contributed by atoms with van der Waals surface area (Å²) in [6.45, 7) is 9.22. The van der Waals surface area contributed by atoms with Crippen molar-refractivity contribution in [3.05, 3.63) is 29.8 Å². The smallest absolute Gasteiger partial charge is 0.159 e. The largest absolute Gasteiger partial charge is 0.370 e. The van der Waals surface area contributed by atoms with Crippen LogP contribution in [-0.4, -0.2) is 31.0 Å². The summed E-state index contributed by atoms with van der Waals surface area (Å²) in [5.41, 5.74) is 2.06. The lowest BCUT2D eigenvalue weighted by Crippen LogP contribution is -2.51. The van der Waals surface area contributed by atoms with Gasteiger partial charge in [-0.3, -0.25) is 4.79 Å². The van der Waals surface area contributed by atoms with E-state index in [1.165, 1.54) is 12.8 Å². The number of hydrogen-bond donors (Lipinski definition) is 1. The first-order valence-corrected chi connectivity index (χ1v) is 7.09.